The summed E-state index contributed by atoms with van der Waals surface area (Å²) in [7, 11) is -2.25. The number of ether oxygens (including phenoxy) is 1. The minimum atomic E-state index is -3.83. The molecule has 0 atom stereocenters. The Kier molecular flexibility index (Phi) is 5.49. The fraction of sp³-hybridized carbons (Fsp3) is 0.0909. The molecule has 3 rings (SSSR count). The summed E-state index contributed by atoms with van der Waals surface area (Å²) in [6, 6.07) is 25.5. The molecule has 27 heavy (non-hydrogen) atoms. The molecule has 0 fully saturated rings. The van der Waals surface area contributed by atoms with Crippen molar-refractivity contribution in [2.45, 2.75) is 11.8 Å². The van der Waals surface area contributed by atoms with Gasteiger partial charge in [0.1, 0.15) is 5.75 Å². The molecule has 136 valence electrons. The van der Waals surface area contributed by atoms with E-state index in [-0.39, 0.29) is 4.90 Å². The standard InChI is InChI=1S/C22H19NO3S/c1-18-11-13-22(14-12-18)27(24,25)23(20-8-4-3-5-9-20)16-15-19-7-6-10-21(17-19)26-2/h3-14,17H,1-2H3. The predicted octanol–water partition coefficient (Wildman–Crippen LogP) is 4.21. The smallest absolute Gasteiger partial charge is 0.275 e. The monoisotopic (exact) mass is 377 g/mol. The van der Waals surface area contributed by atoms with E-state index in [0.29, 0.717) is 17.0 Å². The van der Waals surface area contributed by atoms with E-state index < -0.39 is 10.0 Å². The molecule has 0 saturated carbocycles. The van der Waals surface area contributed by atoms with Gasteiger partial charge in [-0.15, -0.1) is 0 Å². The number of aryl methyl sites for hydroxylation is 1. The minimum Gasteiger partial charge on any atom is -0.497 e. The Morgan fingerprint density at radius 2 is 1.59 bits per heavy atom. The van der Waals surface area contributed by atoms with Gasteiger partial charge in [0.05, 0.1) is 17.7 Å². The fourth-order valence-electron chi connectivity index (χ4n) is 2.46. The number of rotatable bonds is 4. The van der Waals surface area contributed by atoms with E-state index in [9.17, 15) is 8.42 Å². The van der Waals surface area contributed by atoms with Gasteiger partial charge in [0.25, 0.3) is 10.0 Å². The molecule has 0 aliphatic heterocycles. The number of para-hydroxylation sites is 1. The number of sulfonamides is 1. The summed E-state index contributed by atoms with van der Waals surface area (Å²) in [5.74, 6) is 3.58. The number of anilines is 1. The lowest BCUT2D eigenvalue weighted by Gasteiger charge is -2.18. The highest BCUT2D eigenvalue weighted by atomic mass is 32.2. The van der Waals surface area contributed by atoms with Gasteiger partial charge < -0.3 is 4.74 Å². The highest BCUT2D eigenvalue weighted by Crippen LogP contribution is 2.23. The highest BCUT2D eigenvalue weighted by Gasteiger charge is 2.23. The first kappa shape index (κ1) is 18.6. The molecule has 0 bridgehead atoms. The van der Waals surface area contributed by atoms with Gasteiger partial charge in [0.15, 0.2) is 0 Å². The Morgan fingerprint density at radius 3 is 2.26 bits per heavy atom. The summed E-state index contributed by atoms with van der Waals surface area (Å²) in [6.07, 6.45) is 0. The van der Waals surface area contributed by atoms with Crippen LogP contribution in [0.1, 0.15) is 11.1 Å². The zero-order valence-corrected chi connectivity index (χ0v) is 15.9. The number of nitrogens with zero attached hydrogens (tertiary/aromatic N) is 1. The molecule has 0 aliphatic rings. The van der Waals surface area contributed by atoms with E-state index in [1.165, 1.54) is 0 Å². The van der Waals surface area contributed by atoms with Crippen molar-refractivity contribution in [1.82, 2.24) is 0 Å². The van der Waals surface area contributed by atoms with Gasteiger partial charge in [-0.2, -0.15) is 4.31 Å². The third-order valence-electron chi connectivity index (χ3n) is 3.92. The first-order valence-electron chi connectivity index (χ1n) is 8.33. The van der Waals surface area contributed by atoms with Crippen molar-refractivity contribution < 1.29 is 13.2 Å². The lowest BCUT2D eigenvalue weighted by molar-refractivity contribution is 0.414. The third kappa shape index (κ3) is 4.30. The van der Waals surface area contributed by atoms with Crippen LogP contribution in [-0.4, -0.2) is 15.5 Å². The van der Waals surface area contributed by atoms with Gasteiger partial charge in [-0.05, 0) is 55.3 Å². The maximum atomic E-state index is 13.2. The summed E-state index contributed by atoms with van der Waals surface area (Å²) in [4.78, 5) is 0.192. The molecule has 0 heterocycles. The maximum absolute atomic E-state index is 13.2. The summed E-state index contributed by atoms with van der Waals surface area (Å²) < 4.78 is 32.7. The van der Waals surface area contributed by atoms with E-state index >= 15 is 0 Å². The van der Waals surface area contributed by atoms with Crippen LogP contribution in [-0.2, 0) is 10.0 Å². The molecule has 5 heteroatoms. The van der Waals surface area contributed by atoms with Gasteiger partial charge in [-0.25, -0.2) is 8.42 Å². The van der Waals surface area contributed by atoms with Crippen LogP contribution in [0.4, 0.5) is 5.69 Å². The number of methoxy groups -OCH3 is 1. The van der Waals surface area contributed by atoms with E-state index in [4.69, 9.17) is 4.74 Å². The molecular weight excluding hydrogens is 358 g/mol. The van der Waals surface area contributed by atoms with Gasteiger partial charge in [0, 0.05) is 11.6 Å². The number of hydrogen-bond acceptors (Lipinski definition) is 3. The largest absolute Gasteiger partial charge is 0.497 e. The summed E-state index contributed by atoms with van der Waals surface area (Å²) >= 11 is 0. The molecule has 3 aromatic rings. The molecule has 3 aromatic carbocycles. The zero-order chi connectivity index (χ0) is 19.3. The van der Waals surface area contributed by atoms with Crippen LogP contribution < -0.4 is 9.04 Å². The Hall–Kier alpha value is -3.23. The van der Waals surface area contributed by atoms with Crippen molar-refractivity contribution >= 4 is 15.7 Å². The van der Waals surface area contributed by atoms with Gasteiger partial charge >= 0.3 is 0 Å². The third-order valence-corrected chi connectivity index (χ3v) is 5.57. The quantitative estimate of drug-likeness (QED) is 0.505. The van der Waals surface area contributed by atoms with Gasteiger partial charge in [0.2, 0.25) is 0 Å². The summed E-state index contributed by atoms with van der Waals surface area (Å²) in [6.45, 7) is 1.91. The van der Waals surface area contributed by atoms with Crippen molar-refractivity contribution in [1.29, 1.82) is 0 Å². The SMILES string of the molecule is COc1cccc(C#CN(c2ccccc2)S(=O)(=O)c2ccc(C)cc2)c1. The molecule has 0 aromatic heterocycles. The molecule has 0 N–H and O–H groups in total. The molecular formula is C22H19NO3S. The minimum absolute atomic E-state index is 0.192. The molecule has 0 saturated heterocycles. The lowest BCUT2D eigenvalue weighted by Crippen LogP contribution is -2.26. The Bertz CT molecular complexity index is 1080. The van der Waals surface area contributed by atoms with Crippen molar-refractivity contribution in [2.75, 3.05) is 11.4 Å². The van der Waals surface area contributed by atoms with Crippen LogP contribution in [0.3, 0.4) is 0 Å². The van der Waals surface area contributed by atoms with E-state index in [0.717, 1.165) is 9.87 Å². The molecule has 0 unspecified atom stereocenters. The highest BCUT2D eigenvalue weighted by molar-refractivity contribution is 7.93. The van der Waals surface area contributed by atoms with Crippen molar-refractivity contribution in [3.05, 3.63) is 90.0 Å². The van der Waals surface area contributed by atoms with Crippen LogP contribution in [0.15, 0.2) is 83.8 Å². The van der Waals surface area contributed by atoms with Gasteiger partial charge in [-0.1, -0.05) is 42.0 Å². The van der Waals surface area contributed by atoms with Crippen LogP contribution in [0.25, 0.3) is 0 Å². The Morgan fingerprint density at radius 1 is 0.889 bits per heavy atom. The molecule has 0 spiro atoms. The second-order valence-corrected chi connectivity index (χ2v) is 7.67. The first-order valence-corrected chi connectivity index (χ1v) is 9.77. The van der Waals surface area contributed by atoms with E-state index in [2.05, 4.69) is 12.0 Å². The van der Waals surface area contributed by atoms with Crippen LogP contribution in [0.5, 0.6) is 5.75 Å². The summed E-state index contributed by atoms with van der Waals surface area (Å²) in [5, 5.41) is 0. The molecule has 0 amide bonds. The zero-order valence-electron chi connectivity index (χ0n) is 15.1. The average molecular weight is 377 g/mol. The number of hydrogen-bond donors (Lipinski definition) is 0. The predicted molar refractivity (Wildman–Crippen MR) is 107 cm³/mol. The first-order chi connectivity index (χ1) is 13.0. The van der Waals surface area contributed by atoms with Gasteiger partial charge in [-0.3, -0.25) is 0 Å². The van der Waals surface area contributed by atoms with Crippen molar-refractivity contribution in [2.24, 2.45) is 0 Å². The molecule has 0 radical (unpaired) electrons. The lowest BCUT2D eigenvalue weighted by atomic mass is 10.2. The second kappa shape index (κ2) is 7.98. The van der Waals surface area contributed by atoms with Crippen LogP contribution in [0.2, 0.25) is 0 Å². The Balaban J connectivity index is 2.07. The number of benzene rings is 3. The van der Waals surface area contributed by atoms with Crippen molar-refractivity contribution in [3.63, 3.8) is 0 Å². The normalized spacial score (nSPS) is 10.6. The molecule has 4 nitrogen and oxygen atoms in total. The van der Waals surface area contributed by atoms with E-state index in [1.54, 1.807) is 67.8 Å². The van der Waals surface area contributed by atoms with Crippen LogP contribution >= 0.6 is 0 Å². The van der Waals surface area contributed by atoms with Crippen LogP contribution in [0, 0.1) is 18.9 Å². The maximum Gasteiger partial charge on any atom is 0.275 e. The summed E-state index contributed by atoms with van der Waals surface area (Å²) in [5.41, 5.74) is 2.13. The molecule has 0 aliphatic carbocycles. The Labute approximate surface area is 160 Å². The fourth-order valence-corrected chi connectivity index (χ4v) is 3.71. The second-order valence-electron chi connectivity index (χ2n) is 5.89. The van der Waals surface area contributed by atoms with Crippen molar-refractivity contribution in [3.8, 4) is 17.7 Å². The van der Waals surface area contributed by atoms with E-state index in [1.807, 2.05) is 25.1 Å². The average Bonchev–Trinajstić information content (AvgIpc) is 2.69. The topological polar surface area (TPSA) is 46.6 Å².